The van der Waals surface area contributed by atoms with E-state index in [1.54, 1.807) is 0 Å². The summed E-state index contributed by atoms with van der Waals surface area (Å²) >= 11 is 0. The molecule has 6 heteroatoms. The first-order valence-corrected chi connectivity index (χ1v) is 32.0. The number of ether oxygens (including phenoxy) is 3. The molecule has 0 bridgehead atoms. The second-order valence-corrected chi connectivity index (χ2v) is 20.5. The highest BCUT2D eigenvalue weighted by molar-refractivity contribution is 5.71. The third-order valence-electron chi connectivity index (χ3n) is 13.0. The summed E-state index contributed by atoms with van der Waals surface area (Å²) in [6.07, 6.45) is 95.3. The Morgan fingerprint density at radius 3 is 0.785 bits per heavy atom. The SMILES string of the molecule is CC/C=C\C/C=C\C/C=C\C/C=C\C/C=C\C/C=C\C/C=C\C/C=C\CCCCCCCCC(=O)OCC(COC(=O)CCCCC/C=C\C/C=C\C/C=C\CC)OC(=O)CCCCCCCCC/C=C\C/C=C\CCCCC. The molecule has 0 aliphatic carbocycles. The van der Waals surface area contributed by atoms with Gasteiger partial charge in [0.25, 0.3) is 0 Å². The van der Waals surface area contributed by atoms with E-state index in [4.69, 9.17) is 14.2 Å². The Kier molecular flexibility index (Phi) is 61.4. The molecular formula is C73H116O6. The largest absolute Gasteiger partial charge is 0.462 e. The minimum absolute atomic E-state index is 0.105. The monoisotopic (exact) mass is 1090 g/mol. The van der Waals surface area contributed by atoms with Crippen LogP contribution in [0.25, 0.3) is 0 Å². The van der Waals surface area contributed by atoms with Gasteiger partial charge in [0, 0.05) is 19.3 Å². The number of hydrogen-bond acceptors (Lipinski definition) is 6. The molecule has 79 heavy (non-hydrogen) atoms. The summed E-state index contributed by atoms with van der Waals surface area (Å²) in [5, 5.41) is 0. The maximum atomic E-state index is 12.9. The summed E-state index contributed by atoms with van der Waals surface area (Å²) < 4.78 is 16.9. The van der Waals surface area contributed by atoms with Gasteiger partial charge in [0.15, 0.2) is 6.10 Å². The number of carbonyl (C=O) groups excluding carboxylic acids is 3. The van der Waals surface area contributed by atoms with E-state index in [2.05, 4.69) is 179 Å². The van der Waals surface area contributed by atoms with Crippen molar-refractivity contribution in [2.45, 2.75) is 271 Å². The molecule has 444 valence electrons. The third kappa shape index (κ3) is 63.7. The summed E-state index contributed by atoms with van der Waals surface area (Å²) in [7, 11) is 0. The molecule has 1 atom stereocenters. The van der Waals surface area contributed by atoms with Crippen LogP contribution in [0.3, 0.4) is 0 Å². The molecule has 0 aromatic carbocycles. The van der Waals surface area contributed by atoms with Gasteiger partial charge in [-0.25, -0.2) is 0 Å². The molecule has 0 radical (unpaired) electrons. The molecule has 0 aromatic heterocycles. The smallest absolute Gasteiger partial charge is 0.306 e. The van der Waals surface area contributed by atoms with Crippen LogP contribution in [-0.2, 0) is 28.6 Å². The fraction of sp³-hybridized carbons (Fsp3) is 0.603. The molecule has 0 N–H and O–H groups in total. The minimum Gasteiger partial charge on any atom is -0.462 e. The average molecular weight is 1090 g/mol. The van der Waals surface area contributed by atoms with E-state index in [0.717, 1.165) is 161 Å². The number of hydrogen-bond donors (Lipinski definition) is 0. The maximum Gasteiger partial charge on any atom is 0.306 e. The van der Waals surface area contributed by atoms with Crippen LogP contribution in [0.2, 0.25) is 0 Å². The number of unbranched alkanes of at least 4 members (excludes halogenated alkanes) is 19. The Morgan fingerprint density at radius 2 is 0.494 bits per heavy atom. The number of allylic oxidation sites excluding steroid dienone is 26. The van der Waals surface area contributed by atoms with Crippen molar-refractivity contribution in [1.29, 1.82) is 0 Å². The predicted octanol–water partition coefficient (Wildman–Crippen LogP) is 22.1. The predicted molar refractivity (Wildman–Crippen MR) is 343 cm³/mol. The van der Waals surface area contributed by atoms with E-state index in [9.17, 15) is 14.4 Å². The third-order valence-corrected chi connectivity index (χ3v) is 13.0. The summed E-state index contributed by atoms with van der Waals surface area (Å²) in [4.78, 5) is 38.3. The second kappa shape index (κ2) is 65.5. The molecule has 0 heterocycles. The molecule has 0 saturated heterocycles. The molecular weight excluding hydrogens is 973 g/mol. The van der Waals surface area contributed by atoms with E-state index >= 15 is 0 Å². The zero-order chi connectivity index (χ0) is 57.1. The van der Waals surface area contributed by atoms with Gasteiger partial charge >= 0.3 is 17.9 Å². The summed E-state index contributed by atoms with van der Waals surface area (Å²) in [5.74, 6) is -0.959. The number of carbonyl (C=O) groups is 3. The molecule has 0 saturated carbocycles. The number of esters is 3. The molecule has 1 unspecified atom stereocenters. The normalized spacial score (nSPS) is 13.2. The quantitative estimate of drug-likeness (QED) is 0.0261. The van der Waals surface area contributed by atoms with Crippen molar-refractivity contribution in [1.82, 2.24) is 0 Å². The van der Waals surface area contributed by atoms with Crippen LogP contribution in [0.5, 0.6) is 0 Å². The van der Waals surface area contributed by atoms with Gasteiger partial charge in [-0.1, -0.05) is 256 Å². The van der Waals surface area contributed by atoms with E-state index < -0.39 is 6.10 Å². The first kappa shape index (κ1) is 74.0. The van der Waals surface area contributed by atoms with Crippen LogP contribution in [0, 0.1) is 0 Å². The van der Waals surface area contributed by atoms with Gasteiger partial charge in [-0.15, -0.1) is 0 Å². The standard InChI is InChI=1S/C73H116O6/c1-4-7-10-13-16-19-22-25-27-29-30-31-32-33-34-35-36-37-38-39-40-41-42-44-45-48-51-54-57-60-63-66-72(75)78-69-70(68-77-71(74)65-62-59-56-53-50-47-24-21-18-15-12-9-6-3)79-73(76)67-64-61-58-55-52-49-46-43-28-26-23-20-17-14-11-8-5-2/h7,9-10,12,16-21,25-28,30-31,33-34,36-37,39-40,42,44,47,50,70H,4-6,8,11,13-15,22-24,29,32,35,38,41,43,45-46,48-49,51-69H2,1-3H3/b10-7-,12-9-,19-16-,20-17-,21-18-,27-25-,28-26-,31-30-,34-33-,37-36-,40-39-,44-42-,50-47-. The van der Waals surface area contributed by atoms with Gasteiger partial charge in [0.1, 0.15) is 13.2 Å². The molecule has 0 spiro atoms. The lowest BCUT2D eigenvalue weighted by Gasteiger charge is -2.18. The van der Waals surface area contributed by atoms with Crippen molar-refractivity contribution in [3.63, 3.8) is 0 Å². The van der Waals surface area contributed by atoms with Gasteiger partial charge in [0.2, 0.25) is 0 Å². The number of rotatable bonds is 56. The van der Waals surface area contributed by atoms with E-state index in [-0.39, 0.29) is 31.1 Å². The van der Waals surface area contributed by atoms with Crippen LogP contribution in [-0.4, -0.2) is 37.2 Å². The lowest BCUT2D eigenvalue weighted by Crippen LogP contribution is -2.30. The Morgan fingerprint density at radius 1 is 0.266 bits per heavy atom. The summed E-state index contributed by atoms with van der Waals surface area (Å²) in [6.45, 7) is 6.34. The lowest BCUT2D eigenvalue weighted by molar-refractivity contribution is -0.167. The zero-order valence-electron chi connectivity index (χ0n) is 50.8. The summed E-state index contributed by atoms with van der Waals surface area (Å²) in [6, 6.07) is 0. The molecule has 0 amide bonds. The van der Waals surface area contributed by atoms with Crippen molar-refractivity contribution in [3.8, 4) is 0 Å². The van der Waals surface area contributed by atoms with Crippen LogP contribution in [0.15, 0.2) is 158 Å². The molecule has 0 aliphatic rings. The van der Waals surface area contributed by atoms with Crippen molar-refractivity contribution < 1.29 is 28.6 Å². The van der Waals surface area contributed by atoms with Crippen LogP contribution < -0.4 is 0 Å². The lowest BCUT2D eigenvalue weighted by atomic mass is 10.1. The minimum atomic E-state index is -0.809. The van der Waals surface area contributed by atoms with E-state index in [1.165, 1.54) is 64.2 Å². The van der Waals surface area contributed by atoms with Crippen LogP contribution >= 0.6 is 0 Å². The highest BCUT2D eigenvalue weighted by Crippen LogP contribution is 2.14. The molecule has 6 nitrogen and oxygen atoms in total. The Balaban J connectivity index is 4.38. The highest BCUT2D eigenvalue weighted by Gasteiger charge is 2.19. The van der Waals surface area contributed by atoms with E-state index in [1.807, 2.05) is 0 Å². The maximum absolute atomic E-state index is 12.9. The van der Waals surface area contributed by atoms with Gasteiger partial charge in [-0.3, -0.25) is 14.4 Å². The van der Waals surface area contributed by atoms with Crippen LogP contribution in [0.4, 0.5) is 0 Å². The zero-order valence-corrected chi connectivity index (χ0v) is 50.8. The van der Waals surface area contributed by atoms with Crippen molar-refractivity contribution in [3.05, 3.63) is 158 Å². The Bertz CT molecular complexity index is 1780. The van der Waals surface area contributed by atoms with Crippen molar-refractivity contribution in [2.75, 3.05) is 13.2 Å². The first-order valence-electron chi connectivity index (χ1n) is 32.0. The first-order chi connectivity index (χ1) is 39.0. The average Bonchev–Trinajstić information content (AvgIpc) is 3.45. The van der Waals surface area contributed by atoms with Crippen molar-refractivity contribution >= 4 is 17.9 Å². The van der Waals surface area contributed by atoms with Gasteiger partial charge in [0.05, 0.1) is 0 Å². The van der Waals surface area contributed by atoms with E-state index in [0.29, 0.717) is 19.3 Å². The summed E-state index contributed by atoms with van der Waals surface area (Å²) in [5.41, 5.74) is 0. The molecule has 0 aromatic rings. The fourth-order valence-electron chi connectivity index (χ4n) is 8.27. The molecule has 0 rings (SSSR count). The topological polar surface area (TPSA) is 78.9 Å². The second-order valence-electron chi connectivity index (χ2n) is 20.5. The highest BCUT2D eigenvalue weighted by atomic mass is 16.6. The molecule has 0 aliphatic heterocycles. The Hall–Kier alpha value is -4.97. The van der Waals surface area contributed by atoms with Gasteiger partial charge in [-0.05, 0) is 148 Å². The Labute approximate surface area is 486 Å². The van der Waals surface area contributed by atoms with Gasteiger partial charge < -0.3 is 14.2 Å². The van der Waals surface area contributed by atoms with Crippen LogP contribution in [0.1, 0.15) is 265 Å². The van der Waals surface area contributed by atoms with Gasteiger partial charge in [-0.2, -0.15) is 0 Å². The molecule has 0 fully saturated rings. The van der Waals surface area contributed by atoms with Crippen molar-refractivity contribution in [2.24, 2.45) is 0 Å². The fourth-order valence-corrected chi connectivity index (χ4v) is 8.27.